The third-order valence-corrected chi connectivity index (χ3v) is 7.10. The average Bonchev–Trinajstić information content (AvgIpc) is 3.53. The van der Waals surface area contributed by atoms with E-state index in [0.717, 1.165) is 27.9 Å². The van der Waals surface area contributed by atoms with Crippen LogP contribution in [-0.4, -0.2) is 70.8 Å². The molecular weight excluding hydrogens is 637 g/mol. The second-order valence-corrected chi connectivity index (χ2v) is 10.8. The first kappa shape index (κ1) is 35.1. The highest BCUT2D eigenvalue weighted by atomic mass is 32.2. The number of thioether (sulfide) groups is 1. The van der Waals surface area contributed by atoms with Crippen molar-refractivity contribution in [1.29, 1.82) is 0 Å². The Balaban J connectivity index is 1.39. The van der Waals surface area contributed by atoms with Gasteiger partial charge < -0.3 is 18.9 Å². The lowest BCUT2D eigenvalue weighted by Gasteiger charge is -2.13. The molecule has 0 radical (unpaired) electrons. The summed E-state index contributed by atoms with van der Waals surface area (Å²) in [6.07, 6.45) is -2.43. The molecule has 0 aliphatic carbocycles. The summed E-state index contributed by atoms with van der Waals surface area (Å²) in [7, 11) is 1.55. The minimum Gasteiger partial charge on any atom is -0.452 e. The van der Waals surface area contributed by atoms with Crippen LogP contribution in [0.5, 0.6) is 5.75 Å². The van der Waals surface area contributed by atoms with Crippen LogP contribution in [0.25, 0.3) is 17.1 Å². The zero-order chi connectivity index (χ0) is 33.8. The molecule has 0 amide bonds. The van der Waals surface area contributed by atoms with Crippen LogP contribution in [0.2, 0.25) is 0 Å². The lowest BCUT2D eigenvalue weighted by molar-refractivity contribution is -0.274. The average molecular weight is 671 g/mol. The number of rotatable bonds is 13. The van der Waals surface area contributed by atoms with Gasteiger partial charge in [0.1, 0.15) is 18.0 Å². The van der Waals surface area contributed by atoms with Gasteiger partial charge in [-0.1, -0.05) is 42.5 Å². The molecule has 1 aromatic heterocycles. The Labute approximate surface area is 273 Å². The molecule has 1 unspecified atom stereocenters. The summed E-state index contributed by atoms with van der Waals surface area (Å²) in [6.45, 7) is 6.17. The van der Waals surface area contributed by atoms with Crippen LogP contribution in [0.15, 0.2) is 83.2 Å². The van der Waals surface area contributed by atoms with E-state index in [-0.39, 0.29) is 18.3 Å². The van der Waals surface area contributed by atoms with Gasteiger partial charge in [-0.05, 0) is 73.5 Å². The van der Waals surface area contributed by atoms with Crippen LogP contribution in [0.4, 0.5) is 18.9 Å². The first-order valence-electron chi connectivity index (χ1n) is 14.2. The molecule has 4 aromatic rings. The predicted octanol–water partition coefficient (Wildman–Crippen LogP) is 6.35. The smallest absolute Gasteiger partial charge is 0.452 e. The third kappa shape index (κ3) is 10.9. The van der Waals surface area contributed by atoms with Crippen molar-refractivity contribution in [3.63, 3.8) is 0 Å². The topological polar surface area (TPSA) is 121 Å². The summed E-state index contributed by atoms with van der Waals surface area (Å²) in [5, 5.41) is 9.18. The summed E-state index contributed by atoms with van der Waals surface area (Å²) in [5.41, 5.74) is 7.69. The fourth-order valence-electron chi connectivity index (χ4n) is 4.01. The van der Waals surface area contributed by atoms with E-state index < -0.39 is 18.4 Å². The van der Waals surface area contributed by atoms with E-state index in [9.17, 15) is 18.0 Å². The Hall–Kier alpha value is -4.73. The lowest BCUT2D eigenvalue weighted by Crippen LogP contribution is -2.25. The molecule has 0 fully saturated rings. The van der Waals surface area contributed by atoms with E-state index in [1.54, 1.807) is 20.2 Å². The second kappa shape index (κ2) is 16.7. The first-order chi connectivity index (χ1) is 22.5. The Morgan fingerprint density at radius 1 is 1.04 bits per heavy atom. The largest absolute Gasteiger partial charge is 0.573 e. The number of carbonyl (C=O) groups excluding carboxylic acids is 1. The molecule has 11 nitrogen and oxygen atoms in total. The number of carbonyl (C=O) groups is 1. The van der Waals surface area contributed by atoms with Crippen molar-refractivity contribution < 1.29 is 36.9 Å². The number of nitrogens with one attached hydrogen (secondary N) is 1. The predicted molar refractivity (Wildman–Crippen MR) is 173 cm³/mol. The van der Waals surface area contributed by atoms with Crippen molar-refractivity contribution in [1.82, 2.24) is 20.2 Å². The van der Waals surface area contributed by atoms with Gasteiger partial charge in [0.05, 0.1) is 30.8 Å². The number of nitrogens with zero attached hydrogens (tertiary/aromatic N) is 5. The number of esters is 1. The van der Waals surface area contributed by atoms with Crippen LogP contribution in [0.3, 0.4) is 0 Å². The number of alkyl halides is 3. The molecule has 1 atom stereocenters. The van der Waals surface area contributed by atoms with Gasteiger partial charge in [-0.2, -0.15) is 5.10 Å². The van der Waals surface area contributed by atoms with E-state index in [0.29, 0.717) is 23.3 Å². The number of para-hydroxylation sites is 1. The van der Waals surface area contributed by atoms with Crippen LogP contribution in [0, 0.1) is 13.8 Å². The molecule has 15 heteroatoms. The number of methoxy groups -OCH3 is 1. The molecule has 1 N–H and O–H groups in total. The van der Waals surface area contributed by atoms with E-state index in [2.05, 4.69) is 25.3 Å². The molecule has 4 rings (SSSR count). The van der Waals surface area contributed by atoms with Gasteiger partial charge in [-0.25, -0.2) is 19.5 Å². The standard InChI is InChI=1S/C32H33F3N6O5S/c1-21-6-5-7-22(2)28(21)38-31(47-20-45-30(42)23(3)44-17-16-43-4)39-37-18-24-8-10-25(11-9-24)29-36-19-41(40-29)26-12-14-27(15-13-26)46-32(33,34)35/h5-15,18-19,23H,16-17,20H2,1-4H3,(H,38,39)/b37-18-. The fourth-order valence-corrected chi connectivity index (χ4v) is 4.57. The zero-order valence-electron chi connectivity index (χ0n) is 26.0. The molecule has 0 aliphatic heterocycles. The number of hydrogen-bond donors (Lipinski definition) is 1. The number of hydrazone groups is 1. The minimum atomic E-state index is -4.76. The highest BCUT2D eigenvalue weighted by Gasteiger charge is 2.31. The van der Waals surface area contributed by atoms with Crippen LogP contribution in [0.1, 0.15) is 23.6 Å². The third-order valence-electron chi connectivity index (χ3n) is 6.41. The number of ether oxygens (including phenoxy) is 4. The Kier molecular flexibility index (Phi) is 12.5. The van der Waals surface area contributed by atoms with Crippen LogP contribution < -0.4 is 10.2 Å². The SMILES string of the molecule is COCCOC(C)C(=O)OCSC(=Nc1c(C)cccc1C)N/N=C\c1ccc(-c2ncn(-c3ccc(OC(F)(F)F)cc3)n2)cc1. The number of amidine groups is 1. The normalized spacial score (nSPS) is 12.7. The van der Waals surface area contributed by atoms with E-state index in [1.807, 2.05) is 56.3 Å². The fraction of sp³-hybridized carbons (Fsp3) is 0.281. The Morgan fingerprint density at radius 3 is 2.40 bits per heavy atom. The van der Waals surface area contributed by atoms with Gasteiger partial charge in [0, 0.05) is 12.7 Å². The van der Waals surface area contributed by atoms with Crippen molar-refractivity contribution in [2.45, 2.75) is 33.2 Å². The van der Waals surface area contributed by atoms with Crippen molar-refractivity contribution in [3.8, 4) is 22.8 Å². The summed E-state index contributed by atoms with van der Waals surface area (Å²) in [5.74, 6) is -0.415. The van der Waals surface area contributed by atoms with E-state index >= 15 is 0 Å². The molecule has 1 heterocycles. The zero-order valence-corrected chi connectivity index (χ0v) is 26.8. The summed E-state index contributed by atoms with van der Waals surface area (Å²) < 4.78 is 58.4. The monoisotopic (exact) mass is 670 g/mol. The maximum Gasteiger partial charge on any atom is 0.573 e. The molecule has 0 spiro atoms. The maximum atomic E-state index is 12.4. The highest BCUT2D eigenvalue weighted by molar-refractivity contribution is 8.13. The highest BCUT2D eigenvalue weighted by Crippen LogP contribution is 2.25. The lowest BCUT2D eigenvalue weighted by atomic mass is 10.1. The number of benzene rings is 3. The molecule has 0 saturated heterocycles. The molecule has 0 aliphatic rings. The van der Waals surface area contributed by atoms with Crippen molar-refractivity contribution in [2.75, 3.05) is 26.3 Å². The summed E-state index contributed by atoms with van der Waals surface area (Å²) >= 11 is 1.17. The van der Waals surface area contributed by atoms with E-state index in [1.165, 1.54) is 47.0 Å². The number of aromatic nitrogens is 3. The summed E-state index contributed by atoms with van der Waals surface area (Å²) in [4.78, 5) is 21.3. The van der Waals surface area contributed by atoms with Gasteiger partial charge in [0.15, 0.2) is 17.1 Å². The number of halogens is 3. The van der Waals surface area contributed by atoms with Crippen molar-refractivity contribution in [2.24, 2.45) is 10.1 Å². The Bertz CT molecular complexity index is 1660. The van der Waals surface area contributed by atoms with Crippen LogP contribution in [-0.2, 0) is 19.0 Å². The molecule has 0 bridgehead atoms. The van der Waals surface area contributed by atoms with Gasteiger partial charge >= 0.3 is 12.3 Å². The summed E-state index contributed by atoms with van der Waals surface area (Å²) in [6, 6.07) is 18.5. The first-order valence-corrected chi connectivity index (χ1v) is 15.2. The van der Waals surface area contributed by atoms with Crippen LogP contribution >= 0.6 is 11.8 Å². The number of aryl methyl sites for hydroxylation is 2. The number of aliphatic imine (C=N–C) groups is 1. The van der Waals surface area contributed by atoms with Crippen molar-refractivity contribution >= 4 is 34.8 Å². The molecular formula is C32H33F3N6O5S. The maximum absolute atomic E-state index is 12.4. The molecule has 47 heavy (non-hydrogen) atoms. The second-order valence-electron chi connectivity index (χ2n) is 9.94. The quantitative estimate of drug-likeness (QED) is 0.0433. The van der Waals surface area contributed by atoms with E-state index in [4.69, 9.17) is 19.2 Å². The van der Waals surface area contributed by atoms with Gasteiger partial charge in [0.2, 0.25) is 0 Å². The Morgan fingerprint density at radius 2 is 1.74 bits per heavy atom. The van der Waals surface area contributed by atoms with Crippen molar-refractivity contribution in [3.05, 3.63) is 89.7 Å². The van der Waals surface area contributed by atoms with Gasteiger partial charge in [0.25, 0.3) is 0 Å². The molecule has 3 aromatic carbocycles. The van der Waals surface area contributed by atoms with Gasteiger partial charge in [-0.15, -0.1) is 18.3 Å². The minimum absolute atomic E-state index is 0.0110. The molecule has 248 valence electrons. The number of hydrogen-bond acceptors (Lipinski definition) is 10. The van der Waals surface area contributed by atoms with Gasteiger partial charge in [-0.3, -0.25) is 5.43 Å². The molecule has 0 saturated carbocycles.